The second kappa shape index (κ2) is 6.46. The quantitative estimate of drug-likeness (QED) is 0.863. The predicted molar refractivity (Wildman–Crippen MR) is 90.2 cm³/mol. The lowest BCUT2D eigenvalue weighted by Crippen LogP contribution is -2.11. The fourth-order valence-electron chi connectivity index (χ4n) is 2.00. The summed E-state index contributed by atoms with van der Waals surface area (Å²) < 4.78 is 6.32. The Bertz CT molecular complexity index is 619. The monoisotopic (exact) mass is 369 g/mol. The zero-order valence-electron chi connectivity index (χ0n) is 12.7. The van der Waals surface area contributed by atoms with Gasteiger partial charge in [0, 0.05) is 21.7 Å². The number of aliphatic hydroxyl groups is 1. The zero-order valence-corrected chi connectivity index (χ0v) is 15.1. The van der Waals surface area contributed by atoms with Crippen molar-refractivity contribution in [2.24, 2.45) is 0 Å². The number of hydrogen-bond acceptors (Lipinski definition) is 4. The third-order valence-electron chi connectivity index (χ3n) is 3.16. The Hall–Kier alpha value is -0.910. The molecule has 21 heavy (non-hydrogen) atoms. The molecule has 5 heteroatoms. The van der Waals surface area contributed by atoms with E-state index in [0.29, 0.717) is 6.42 Å². The molecule has 0 saturated carbocycles. The molecule has 0 aliphatic rings. The molecule has 1 atom stereocenters. The van der Waals surface area contributed by atoms with Crippen LogP contribution in [-0.4, -0.2) is 17.2 Å². The molecule has 0 saturated heterocycles. The molecule has 114 valence electrons. The molecule has 1 N–H and O–H groups in total. The van der Waals surface area contributed by atoms with Crippen LogP contribution in [-0.2, 0) is 11.8 Å². The molecular weight excluding hydrogens is 350 g/mol. The Morgan fingerprint density at radius 2 is 2.10 bits per heavy atom. The Balaban J connectivity index is 2.20. The molecule has 1 aromatic carbocycles. The molecule has 2 rings (SSSR count). The molecule has 1 unspecified atom stereocenters. The minimum Gasteiger partial charge on any atom is -0.496 e. The van der Waals surface area contributed by atoms with Crippen molar-refractivity contribution in [2.45, 2.75) is 38.7 Å². The van der Waals surface area contributed by atoms with Gasteiger partial charge in [-0.25, -0.2) is 4.98 Å². The number of aliphatic hydroxyl groups excluding tert-OH is 1. The van der Waals surface area contributed by atoms with E-state index < -0.39 is 6.10 Å². The number of aromatic nitrogens is 1. The fourth-order valence-corrected chi connectivity index (χ4v) is 3.37. The summed E-state index contributed by atoms with van der Waals surface area (Å²) in [6.07, 6.45) is -0.142. The molecular formula is C16H20BrNO2S. The lowest BCUT2D eigenvalue weighted by molar-refractivity contribution is 0.172. The average molecular weight is 370 g/mol. The van der Waals surface area contributed by atoms with Crippen LogP contribution >= 0.6 is 27.3 Å². The Morgan fingerprint density at radius 1 is 1.38 bits per heavy atom. The van der Waals surface area contributed by atoms with Gasteiger partial charge in [-0.2, -0.15) is 0 Å². The highest BCUT2D eigenvalue weighted by atomic mass is 79.9. The van der Waals surface area contributed by atoms with Crippen molar-refractivity contribution in [3.8, 4) is 5.75 Å². The van der Waals surface area contributed by atoms with E-state index in [1.165, 1.54) is 0 Å². The summed E-state index contributed by atoms with van der Waals surface area (Å²) in [6, 6.07) is 5.79. The summed E-state index contributed by atoms with van der Waals surface area (Å²) in [6.45, 7) is 6.37. The first-order valence-electron chi connectivity index (χ1n) is 6.77. The van der Waals surface area contributed by atoms with Gasteiger partial charge in [0.05, 0.1) is 17.8 Å². The highest BCUT2D eigenvalue weighted by Gasteiger charge is 2.21. The molecule has 3 nitrogen and oxygen atoms in total. The highest BCUT2D eigenvalue weighted by Crippen LogP contribution is 2.31. The van der Waals surface area contributed by atoms with Crippen molar-refractivity contribution in [2.75, 3.05) is 7.11 Å². The van der Waals surface area contributed by atoms with Crippen molar-refractivity contribution in [3.63, 3.8) is 0 Å². The summed E-state index contributed by atoms with van der Waals surface area (Å²) in [7, 11) is 1.64. The maximum Gasteiger partial charge on any atom is 0.122 e. The van der Waals surface area contributed by atoms with Crippen LogP contribution in [0, 0.1) is 0 Å². The van der Waals surface area contributed by atoms with Crippen molar-refractivity contribution < 1.29 is 9.84 Å². The topological polar surface area (TPSA) is 42.4 Å². The Labute approximate surface area is 138 Å². The number of halogens is 1. The lowest BCUT2D eigenvalue weighted by Gasteiger charge is -2.15. The van der Waals surface area contributed by atoms with Crippen LogP contribution < -0.4 is 4.74 Å². The van der Waals surface area contributed by atoms with Crippen LogP contribution in [0.2, 0.25) is 0 Å². The SMILES string of the molecule is COc1ccc(Br)cc1CC(O)c1csc(C(C)(C)C)n1. The molecule has 2 aromatic rings. The smallest absolute Gasteiger partial charge is 0.122 e. The molecule has 0 aliphatic heterocycles. The van der Waals surface area contributed by atoms with E-state index in [9.17, 15) is 5.11 Å². The third kappa shape index (κ3) is 4.05. The van der Waals surface area contributed by atoms with Crippen LogP contribution in [0.15, 0.2) is 28.1 Å². The van der Waals surface area contributed by atoms with Crippen molar-refractivity contribution in [1.82, 2.24) is 4.98 Å². The van der Waals surface area contributed by atoms with Gasteiger partial charge in [-0.05, 0) is 23.8 Å². The maximum atomic E-state index is 10.4. The van der Waals surface area contributed by atoms with Gasteiger partial charge in [0.25, 0.3) is 0 Å². The van der Waals surface area contributed by atoms with E-state index in [2.05, 4.69) is 41.7 Å². The Morgan fingerprint density at radius 3 is 2.67 bits per heavy atom. The minimum absolute atomic E-state index is 0.0100. The molecule has 0 aliphatic carbocycles. The van der Waals surface area contributed by atoms with Gasteiger partial charge in [-0.1, -0.05) is 36.7 Å². The van der Waals surface area contributed by atoms with E-state index in [-0.39, 0.29) is 5.41 Å². The molecule has 1 aromatic heterocycles. The van der Waals surface area contributed by atoms with E-state index in [4.69, 9.17) is 4.74 Å². The van der Waals surface area contributed by atoms with E-state index in [1.807, 2.05) is 23.6 Å². The number of thiazole rings is 1. The maximum absolute atomic E-state index is 10.4. The predicted octanol–water partition coefficient (Wildman–Crippen LogP) is 4.49. The summed E-state index contributed by atoms with van der Waals surface area (Å²) >= 11 is 5.05. The molecule has 0 spiro atoms. The number of nitrogens with zero attached hydrogens (tertiary/aromatic N) is 1. The second-order valence-corrected chi connectivity index (χ2v) is 7.78. The summed E-state index contributed by atoms with van der Waals surface area (Å²) in [5, 5.41) is 13.4. The molecule has 0 fully saturated rings. The van der Waals surface area contributed by atoms with Gasteiger partial charge in [0.15, 0.2) is 0 Å². The first-order chi connectivity index (χ1) is 9.81. The van der Waals surface area contributed by atoms with E-state index >= 15 is 0 Å². The Kier molecular flexibility index (Phi) is 5.07. The largest absolute Gasteiger partial charge is 0.496 e. The summed E-state index contributed by atoms with van der Waals surface area (Å²) in [4.78, 5) is 4.57. The van der Waals surface area contributed by atoms with Crippen LogP contribution in [0.25, 0.3) is 0 Å². The standard InChI is InChI=1S/C16H20BrNO2S/c1-16(2,3)15-18-12(9-21-15)13(19)8-10-7-11(17)5-6-14(10)20-4/h5-7,9,13,19H,8H2,1-4H3. The van der Waals surface area contributed by atoms with Crippen LogP contribution in [0.4, 0.5) is 0 Å². The summed E-state index contributed by atoms with van der Waals surface area (Å²) in [5.74, 6) is 0.781. The van der Waals surface area contributed by atoms with Crippen LogP contribution in [0.3, 0.4) is 0 Å². The summed E-state index contributed by atoms with van der Waals surface area (Å²) in [5.41, 5.74) is 1.70. The van der Waals surface area contributed by atoms with Gasteiger partial charge >= 0.3 is 0 Å². The number of rotatable bonds is 4. The lowest BCUT2D eigenvalue weighted by atomic mass is 9.98. The fraction of sp³-hybridized carbons (Fsp3) is 0.438. The van der Waals surface area contributed by atoms with Crippen molar-refractivity contribution in [3.05, 3.63) is 44.3 Å². The molecule has 1 heterocycles. The number of benzene rings is 1. The first-order valence-corrected chi connectivity index (χ1v) is 8.45. The zero-order chi connectivity index (χ0) is 15.6. The van der Waals surface area contributed by atoms with Gasteiger partial charge in [0.1, 0.15) is 11.9 Å². The molecule has 0 radical (unpaired) electrons. The van der Waals surface area contributed by atoms with E-state index in [0.717, 1.165) is 26.5 Å². The average Bonchev–Trinajstić information content (AvgIpc) is 2.88. The minimum atomic E-state index is -0.624. The number of hydrogen-bond donors (Lipinski definition) is 1. The van der Waals surface area contributed by atoms with Crippen LogP contribution in [0.1, 0.15) is 43.1 Å². The number of ether oxygens (including phenoxy) is 1. The second-order valence-electron chi connectivity index (χ2n) is 6.00. The van der Waals surface area contributed by atoms with Gasteiger partial charge in [0.2, 0.25) is 0 Å². The van der Waals surface area contributed by atoms with Gasteiger partial charge in [-0.3, -0.25) is 0 Å². The van der Waals surface area contributed by atoms with Gasteiger partial charge in [-0.15, -0.1) is 11.3 Å². The highest BCUT2D eigenvalue weighted by molar-refractivity contribution is 9.10. The van der Waals surface area contributed by atoms with Crippen molar-refractivity contribution in [1.29, 1.82) is 0 Å². The van der Waals surface area contributed by atoms with Crippen LogP contribution in [0.5, 0.6) is 5.75 Å². The molecule has 0 bridgehead atoms. The third-order valence-corrected chi connectivity index (χ3v) is 4.94. The first kappa shape index (κ1) is 16.5. The number of methoxy groups -OCH3 is 1. The van der Waals surface area contributed by atoms with Gasteiger partial charge < -0.3 is 9.84 Å². The van der Waals surface area contributed by atoms with E-state index in [1.54, 1.807) is 18.4 Å². The molecule has 0 amide bonds. The normalized spacial score (nSPS) is 13.2. The van der Waals surface area contributed by atoms with Crippen molar-refractivity contribution >= 4 is 27.3 Å².